The van der Waals surface area contributed by atoms with E-state index in [9.17, 15) is 9.90 Å². The lowest BCUT2D eigenvalue weighted by Gasteiger charge is -2.37. The van der Waals surface area contributed by atoms with Crippen molar-refractivity contribution in [2.45, 2.75) is 58.9 Å². The molecule has 24 heavy (non-hydrogen) atoms. The summed E-state index contributed by atoms with van der Waals surface area (Å²) < 4.78 is 16.5. The van der Waals surface area contributed by atoms with Crippen LogP contribution >= 0.6 is 0 Å². The summed E-state index contributed by atoms with van der Waals surface area (Å²) in [5, 5.41) is 9.58. The molecule has 1 amide bonds. The average molecular weight is 337 g/mol. The Labute approximate surface area is 143 Å². The number of carbonyl (C=O) groups is 1. The number of hydrogen-bond acceptors (Lipinski definition) is 5. The first-order chi connectivity index (χ1) is 11.2. The molecule has 6 heteroatoms. The topological polar surface area (TPSA) is 68.2 Å². The number of hydrogen-bond donors (Lipinski definition) is 1. The van der Waals surface area contributed by atoms with Crippen LogP contribution in [0, 0.1) is 0 Å². The van der Waals surface area contributed by atoms with Gasteiger partial charge in [0.2, 0.25) is 0 Å². The molecule has 0 saturated carbocycles. The summed E-state index contributed by atoms with van der Waals surface area (Å²) >= 11 is 0. The number of ether oxygens (including phenoxy) is 3. The van der Waals surface area contributed by atoms with Crippen LogP contribution < -0.4 is 9.47 Å². The second-order valence-corrected chi connectivity index (χ2v) is 7.05. The Kier molecular flexibility index (Phi) is 5.28. The standard InChI is InChI=1S/C18H27NO5/c1-11-7-13-14(9-19(11)17(21)24-18(2,3)4)15(22-5)8-12(10-20)16(13)23-6/h8,11,20H,7,9-10H2,1-6H3. The summed E-state index contributed by atoms with van der Waals surface area (Å²) in [6.45, 7) is 7.79. The highest BCUT2D eigenvalue weighted by atomic mass is 16.6. The van der Waals surface area contributed by atoms with Crippen LogP contribution in [0.15, 0.2) is 6.07 Å². The van der Waals surface area contributed by atoms with Crippen molar-refractivity contribution in [3.63, 3.8) is 0 Å². The van der Waals surface area contributed by atoms with E-state index >= 15 is 0 Å². The Balaban J connectivity index is 2.43. The first-order valence-electron chi connectivity index (χ1n) is 8.07. The van der Waals surface area contributed by atoms with Crippen LogP contribution in [0.2, 0.25) is 0 Å². The maximum absolute atomic E-state index is 12.5. The van der Waals surface area contributed by atoms with Crippen LogP contribution in [0.1, 0.15) is 44.4 Å². The van der Waals surface area contributed by atoms with Gasteiger partial charge in [0.05, 0.1) is 27.4 Å². The summed E-state index contributed by atoms with van der Waals surface area (Å²) in [4.78, 5) is 14.2. The third-order valence-corrected chi connectivity index (χ3v) is 4.12. The van der Waals surface area contributed by atoms with Gasteiger partial charge in [0, 0.05) is 22.7 Å². The third-order valence-electron chi connectivity index (χ3n) is 4.12. The second-order valence-electron chi connectivity index (χ2n) is 7.05. The van der Waals surface area contributed by atoms with Gasteiger partial charge in [0.1, 0.15) is 17.1 Å². The van der Waals surface area contributed by atoms with Crippen molar-refractivity contribution in [2.75, 3.05) is 14.2 Å². The monoisotopic (exact) mass is 337 g/mol. The van der Waals surface area contributed by atoms with E-state index in [1.54, 1.807) is 25.2 Å². The fourth-order valence-corrected chi connectivity index (χ4v) is 3.03. The van der Waals surface area contributed by atoms with E-state index in [4.69, 9.17) is 14.2 Å². The Morgan fingerprint density at radius 2 is 1.96 bits per heavy atom. The highest BCUT2D eigenvalue weighted by molar-refractivity contribution is 5.70. The molecular formula is C18H27NO5. The van der Waals surface area contributed by atoms with Gasteiger partial charge in [-0.15, -0.1) is 0 Å². The lowest BCUT2D eigenvalue weighted by Crippen LogP contribution is -2.45. The van der Waals surface area contributed by atoms with Crippen molar-refractivity contribution < 1.29 is 24.1 Å². The van der Waals surface area contributed by atoms with E-state index in [1.807, 2.05) is 27.7 Å². The predicted molar refractivity (Wildman–Crippen MR) is 90.4 cm³/mol. The van der Waals surface area contributed by atoms with Crippen LogP contribution in [-0.2, 0) is 24.3 Å². The Morgan fingerprint density at radius 1 is 1.29 bits per heavy atom. The van der Waals surface area contributed by atoms with Crippen molar-refractivity contribution in [1.82, 2.24) is 4.90 Å². The summed E-state index contributed by atoms with van der Waals surface area (Å²) in [6, 6.07) is 1.72. The molecule has 1 aromatic rings. The second kappa shape index (κ2) is 6.89. The molecule has 0 aromatic heterocycles. The van der Waals surface area contributed by atoms with Crippen molar-refractivity contribution in [3.05, 3.63) is 22.8 Å². The quantitative estimate of drug-likeness (QED) is 0.918. The molecule has 0 bridgehead atoms. The Morgan fingerprint density at radius 3 is 2.46 bits per heavy atom. The molecule has 1 N–H and O–H groups in total. The smallest absolute Gasteiger partial charge is 0.410 e. The fraction of sp³-hybridized carbons (Fsp3) is 0.611. The molecule has 0 radical (unpaired) electrons. The lowest BCUT2D eigenvalue weighted by molar-refractivity contribution is 0.0135. The molecular weight excluding hydrogens is 310 g/mol. The van der Waals surface area contributed by atoms with E-state index in [0.717, 1.165) is 11.1 Å². The van der Waals surface area contributed by atoms with Crippen molar-refractivity contribution >= 4 is 6.09 Å². The highest BCUT2D eigenvalue weighted by Gasteiger charge is 2.34. The maximum Gasteiger partial charge on any atom is 0.410 e. The highest BCUT2D eigenvalue weighted by Crippen LogP contribution is 2.39. The largest absolute Gasteiger partial charge is 0.496 e. The van der Waals surface area contributed by atoms with Crippen molar-refractivity contribution in [2.24, 2.45) is 0 Å². The van der Waals surface area contributed by atoms with Crippen LogP contribution in [0.25, 0.3) is 0 Å². The third kappa shape index (κ3) is 3.59. The van der Waals surface area contributed by atoms with Crippen LogP contribution in [0.4, 0.5) is 4.79 Å². The fourth-order valence-electron chi connectivity index (χ4n) is 3.03. The normalized spacial score (nSPS) is 17.3. The van der Waals surface area contributed by atoms with E-state index in [1.165, 1.54) is 0 Å². The van der Waals surface area contributed by atoms with Gasteiger partial charge in [-0.3, -0.25) is 0 Å². The molecule has 134 valence electrons. The van der Waals surface area contributed by atoms with Gasteiger partial charge in [-0.25, -0.2) is 4.79 Å². The van der Waals surface area contributed by atoms with Crippen LogP contribution in [0.3, 0.4) is 0 Å². The predicted octanol–water partition coefficient (Wildman–Crippen LogP) is 2.88. The number of benzene rings is 1. The molecule has 0 saturated heterocycles. The molecule has 1 aliphatic heterocycles. The minimum absolute atomic E-state index is 0.0418. The van der Waals surface area contributed by atoms with Crippen LogP contribution in [0.5, 0.6) is 11.5 Å². The van der Waals surface area contributed by atoms with E-state index in [2.05, 4.69) is 0 Å². The first kappa shape index (κ1) is 18.4. The molecule has 0 aliphatic carbocycles. The van der Waals surface area contributed by atoms with Crippen molar-refractivity contribution in [3.8, 4) is 11.5 Å². The summed E-state index contributed by atoms with van der Waals surface area (Å²) in [5.74, 6) is 1.32. The number of rotatable bonds is 3. The maximum atomic E-state index is 12.5. The number of aliphatic hydroxyl groups is 1. The number of nitrogens with zero attached hydrogens (tertiary/aromatic N) is 1. The van der Waals surface area contributed by atoms with E-state index < -0.39 is 5.60 Å². The molecule has 1 aliphatic rings. The summed E-state index contributed by atoms with van der Waals surface area (Å²) in [5.41, 5.74) is 2.02. The molecule has 2 rings (SSSR count). The molecule has 1 atom stereocenters. The first-order valence-corrected chi connectivity index (χ1v) is 8.07. The van der Waals surface area contributed by atoms with Gasteiger partial charge < -0.3 is 24.2 Å². The zero-order chi connectivity index (χ0) is 18.1. The molecule has 1 heterocycles. The van der Waals surface area contributed by atoms with E-state index in [0.29, 0.717) is 30.0 Å². The van der Waals surface area contributed by atoms with Gasteiger partial charge in [0.25, 0.3) is 0 Å². The number of aliphatic hydroxyl groups excluding tert-OH is 1. The van der Waals surface area contributed by atoms with Gasteiger partial charge in [-0.2, -0.15) is 0 Å². The molecule has 1 unspecified atom stereocenters. The van der Waals surface area contributed by atoms with Crippen molar-refractivity contribution in [1.29, 1.82) is 0 Å². The number of amides is 1. The molecule has 6 nitrogen and oxygen atoms in total. The molecule has 0 spiro atoms. The number of methoxy groups -OCH3 is 2. The van der Waals surface area contributed by atoms with E-state index in [-0.39, 0.29) is 18.7 Å². The Hall–Kier alpha value is -1.95. The van der Waals surface area contributed by atoms with Crippen LogP contribution in [-0.4, -0.2) is 42.0 Å². The molecule has 1 aromatic carbocycles. The van der Waals surface area contributed by atoms with Gasteiger partial charge >= 0.3 is 6.09 Å². The van der Waals surface area contributed by atoms with Gasteiger partial charge in [-0.1, -0.05) is 0 Å². The average Bonchev–Trinajstić information content (AvgIpc) is 2.50. The molecule has 0 fully saturated rings. The number of fused-ring (bicyclic) bond motifs is 1. The SMILES string of the molecule is COc1cc(CO)c(OC)c2c1CN(C(=O)OC(C)(C)C)C(C)C2. The van der Waals surface area contributed by atoms with Gasteiger partial charge in [0.15, 0.2) is 0 Å². The zero-order valence-electron chi connectivity index (χ0n) is 15.3. The minimum Gasteiger partial charge on any atom is -0.496 e. The Bertz CT molecular complexity index is 621. The number of carbonyl (C=O) groups excluding carboxylic acids is 1. The zero-order valence-corrected chi connectivity index (χ0v) is 15.3. The lowest BCUT2D eigenvalue weighted by atomic mass is 9.91. The van der Waals surface area contributed by atoms with Gasteiger partial charge in [-0.05, 0) is 40.2 Å². The summed E-state index contributed by atoms with van der Waals surface area (Å²) in [6.07, 6.45) is 0.273. The summed E-state index contributed by atoms with van der Waals surface area (Å²) in [7, 11) is 3.17. The minimum atomic E-state index is -0.542.